The Kier molecular flexibility index (Phi) is 4.92. The molecular weight excluding hydrogens is 387 g/mol. The third-order valence-electron chi connectivity index (χ3n) is 4.85. The second-order valence-electron chi connectivity index (χ2n) is 8.38. The molecule has 3 heterocycles. The van der Waals surface area contributed by atoms with E-state index >= 15 is 0 Å². The summed E-state index contributed by atoms with van der Waals surface area (Å²) >= 11 is 0. The van der Waals surface area contributed by atoms with Crippen LogP contribution in [-0.2, 0) is 0 Å². The van der Waals surface area contributed by atoms with Gasteiger partial charge in [-0.15, -0.1) is 0 Å². The number of carbonyl (C=O) groups excluding carboxylic acids is 1. The molecule has 0 atom stereocenters. The zero-order valence-electron chi connectivity index (χ0n) is 17.2. The van der Waals surface area contributed by atoms with Crippen molar-refractivity contribution in [3.05, 3.63) is 35.9 Å². The number of piperazine rings is 1. The Labute approximate surface area is 173 Å². The number of hydrogen-bond acceptors (Lipinski definition) is 7. The molecule has 4 N–H and O–H groups in total. The Hall–Kier alpha value is -3.43. The van der Waals surface area contributed by atoms with Crippen LogP contribution in [0.2, 0.25) is 0 Å². The lowest BCUT2D eigenvalue weighted by Crippen LogP contribution is -2.47. The van der Waals surface area contributed by atoms with E-state index in [-0.39, 0.29) is 11.1 Å². The van der Waals surface area contributed by atoms with E-state index in [0.717, 1.165) is 30.8 Å². The number of hydrogen-bond donors (Lipinski definition) is 3. The summed E-state index contributed by atoms with van der Waals surface area (Å²) in [5.74, 6) is 0.916. The van der Waals surface area contributed by atoms with Crippen LogP contribution in [-0.4, -0.2) is 57.6 Å². The number of H-pyrrole nitrogens is 1. The molecule has 9 nitrogen and oxygen atoms in total. The highest BCUT2D eigenvalue weighted by molar-refractivity contribution is 6.04. The van der Waals surface area contributed by atoms with Crippen LogP contribution in [0.1, 0.15) is 31.1 Å². The average Bonchev–Trinajstić information content (AvgIpc) is 3.10. The second-order valence-corrected chi connectivity index (χ2v) is 8.38. The lowest BCUT2D eigenvalue weighted by Gasteiger charge is -2.35. The van der Waals surface area contributed by atoms with E-state index in [0.29, 0.717) is 30.1 Å². The number of imidazole rings is 1. The number of carbonyl (C=O) groups is 1. The van der Waals surface area contributed by atoms with E-state index in [2.05, 4.69) is 55.8 Å². The normalized spacial score (nSPS) is 14.9. The number of halogens is 1. The third-order valence-corrected chi connectivity index (χ3v) is 4.85. The highest BCUT2D eigenvalue weighted by atomic mass is 19.1. The fourth-order valence-corrected chi connectivity index (χ4v) is 3.49. The highest BCUT2D eigenvalue weighted by Gasteiger charge is 2.22. The van der Waals surface area contributed by atoms with Crippen molar-refractivity contribution in [3.63, 3.8) is 0 Å². The number of primary amides is 1. The Morgan fingerprint density at radius 3 is 2.43 bits per heavy atom. The van der Waals surface area contributed by atoms with E-state index in [9.17, 15) is 9.18 Å². The summed E-state index contributed by atoms with van der Waals surface area (Å²) < 4.78 is 13.8. The molecule has 3 aromatic rings. The maximum Gasteiger partial charge on any atom is 0.251 e. The fourth-order valence-electron chi connectivity index (χ4n) is 3.49. The highest BCUT2D eigenvalue weighted by Crippen LogP contribution is 2.24. The molecule has 0 saturated carbocycles. The molecule has 0 spiro atoms. The minimum Gasteiger partial charge on any atom is -0.366 e. The number of benzene rings is 1. The van der Waals surface area contributed by atoms with Crippen LogP contribution in [0.25, 0.3) is 11.0 Å². The van der Waals surface area contributed by atoms with Gasteiger partial charge in [-0.05, 0) is 32.9 Å². The van der Waals surface area contributed by atoms with Gasteiger partial charge in [0.15, 0.2) is 0 Å². The minimum absolute atomic E-state index is 0.0744. The van der Waals surface area contributed by atoms with Crippen LogP contribution in [0.5, 0.6) is 0 Å². The van der Waals surface area contributed by atoms with Crippen molar-refractivity contribution in [3.8, 4) is 0 Å². The first-order chi connectivity index (χ1) is 14.2. The van der Waals surface area contributed by atoms with Gasteiger partial charge in [-0.25, -0.2) is 19.3 Å². The molecule has 4 rings (SSSR count). The van der Waals surface area contributed by atoms with Crippen LogP contribution in [0.15, 0.2) is 24.5 Å². The summed E-state index contributed by atoms with van der Waals surface area (Å²) in [7, 11) is 0. The van der Waals surface area contributed by atoms with Gasteiger partial charge in [0.2, 0.25) is 5.95 Å². The van der Waals surface area contributed by atoms with Gasteiger partial charge in [0.1, 0.15) is 23.0 Å². The van der Waals surface area contributed by atoms with Crippen molar-refractivity contribution < 1.29 is 9.18 Å². The van der Waals surface area contributed by atoms with Crippen molar-refractivity contribution in [2.45, 2.75) is 26.3 Å². The number of aromatic nitrogens is 4. The van der Waals surface area contributed by atoms with Gasteiger partial charge in [-0.2, -0.15) is 0 Å². The molecule has 1 fully saturated rings. The molecule has 1 aliphatic heterocycles. The van der Waals surface area contributed by atoms with Gasteiger partial charge in [0, 0.05) is 31.7 Å². The van der Waals surface area contributed by atoms with Crippen LogP contribution in [0, 0.1) is 5.82 Å². The quantitative estimate of drug-likeness (QED) is 0.601. The van der Waals surface area contributed by atoms with Crippen LogP contribution >= 0.6 is 0 Å². The van der Waals surface area contributed by atoms with E-state index in [1.165, 1.54) is 6.07 Å². The van der Waals surface area contributed by atoms with E-state index in [1.54, 1.807) is 12.4 Å². The SMILES string of the molecule is CC(C)(C)Nc1cnc(N2CCN(c3nc4c(C(N)=O)cc(F)cc4[nH]3)CC2)cn1. The van der Waals surface area contributed by atoms with Gasteiger partial charge >= 0.3 is 0 Å². The van der Waals surface area contributed by atoms with Gasteiger partial charge in [0.25, 0.3) is 5.91 Å². The number of anilines is 3. The van der Waals surface area contributed by atoms with Gasteiger partial charge in [-0.3, -0.25) is 4.79 Å². The van der Waals surface area contributed by atoms with Gasteiger partial charge < -0.3 is 25.8 Å². The number of nitrogens with two attached hydrogens (primary N) is 1. The van der Waals surface area contributed by atoms with Crippen molar-refractivity contribution in [1.82, 2.24) is 19.9 Å². The Morgan fingerprint density at radius 1 is 1.13 bits per heavy atom. The van der Waals surface area contributed by atoms with E-state index in [4.69, 9.17) is 5.73 Å². The molecule has 0 bridgehead atoms. The molecule has 0 aliphatic carbocycles. The summed E-state index contributed by atoms with van der Waals surface area (Å²) in [4.78, 5) is 32.4. The number of nitrogens with zero attached hydrogens (tertiary/aromatic N) is 5. The summed E-state index contributed by atoms with van der Waals surface area (Å²) in [5.41, 5.74) is 6.20. The molecule has 1 amide bonds. The standard InChI is InChI=1S/C20H25FN8O/c1-20(2,3)27-15-10-24-16(11-23-15)28-4-6-29(7-5-28)19-25-14-9-12(21)8-13(18(22)30)17(14)26-19/h8-11H,4-7H2,1-3H3,(H2,22,30)(H,23,27)(H,25,26). The largest absolute Gasteiger partial charge is 0.366 e. The molecule has 158 valence electrons. The van der Waals surface area contributed by atoms with Crippen LogP contribution < -0.4 is 20.9 Å². The maximum absolute atomic E-state index is 13.8. The fraction of sp³-hybridized carbons (Fsp3) is 0.400. The lowest BCUT2D eigenvalue weighted by molar-refractivity contribution is 0.100. The zero-order valence-corrected chi connectivity index (χ0v) is 17.2. The third kappa shape index (κ3) is 4.12. The van der Waals surface area contributed by atoms with E-state index < -0.39 is 11.7 Å². The molecule has 1 aromatic carbocycles. The topological polar surface area (TPSA) is 116 Å². The van der Waals surface area contributed by atoms with Gasteiger partial charge in [0.05, 0.1) is 23.5 Å². The first-order valence-corrected chi connectivity index (χ1v) is 9.79. The Morgan fingerprint density at radius 2 is 1.83 bits per heavy atom. The molecule has 1 aliphatic rings. The summed E-state index contributed by atoms with van der Waals surface area (Å²) in [5, 5.41) is 3.30. The second kappa shape index (κ2) is 7.43. The van der Waals surface area contributed by atoms with Crippen molar-refractivity contribution in [2.75, 3.05) is 41.3 Å². The number of amides is 1. The van der Waals surface area contributed by atoms with Gasteiger partial charge in [-0.1, -0.05) is 0 Å². The average molecular weight is 412 g/mol. The number of fused-ring (bicyclic) bond motifs is 1. The summed E-state index contributed by atoms with van der Waals surface area (Å²) in [6.07, 6.45) is 3.51. The molecule has 2 aromatic heterocycles. The minimum atomic E-state index is -0.703. The predicted octanol–water partition coefficient (Wildman–Crippen LogP) is 2.13. The molecule has 0 radical (unpaired) electrons. The Balaban J connectivity index is 1.46. The molecule has 30 heavy (non-hydrogen) atoms. The predicted molar refractivity (Wildman–Crippen MR) is 114 cm³/mol. The van der Waals surface area contributed by atoms with E-state index in [1.807, 2.05) is 0 Å². The molecule has 0 unspecified atom stereocenters. The smallest absolute Gasteiger partial charge is 0.251 e. The van der Waals surface area contributed by atoms with Crippen molar-refractivity contribution in [1.29, 1.82) is 0 Å². The number of rotatable bonds is 4. The lowest BCUT2D eigenvalue weighted by atomic mass is 10.1. The number of aromatic amines is 1. The molecular formula is C20H25FN8O. The number of nitrogens with one attached hydrogen (secondary N) is 2. The van der Waals surface area contributed by atoms with Crippen molar-refractivity contribution >= 4 is 34.5 Å². The molecule has 10 heteroatoms. The molecule has 1 saturated heterocycles. The summed E-state index contributed by atoms with van der Waals surface area (Å²) in [6, 6.07) is 2.43. The first-order valence-electron chi connectivity index (χ1n) is 9.79. The maximum atomic E-state index is 13.8. The Bertz CT molecular complexity index is 1060. The first kappa shape index (κ1) is 19.9. The summed E-state index contributed by atoms with van der Waals surface area (Å²) in [6.45, 7) is 9.06. The van der Waals surface area contributed by atoms with Crippen molar-refractivity contribution in [2.24, 2.45) is 5.73 Å². The monoisotopic (exact) mass is 412 g/mol. The van der Waals surface area contributed by atoms with Crippen LogP contribution in [0.4, 0.5) is 22.0 Å². The van der Waals surface area contributed by atoms with Crippen LogP contribution in [0.3, 0.4) is 0 Å². The zero-order chi connectivity index (χ0) is 21.5.